The van der Waals surface area contributed by atoms with E-state index >= 15 is 0 Å². The van der Waals surface area contributed by atoms with Crippen molar-refractivity contribution >= 4 is 9.84 Å². The number of rotatable bonds is 5. The van der Waals surface area contributed by atoms with Crippen molar-refractivity contribution in [2.45, 2.75) is 38.6 Å². The largest absolute Gasteiger partial charge is 0.292 e. The van der Waals surface area contributed by atoms with Crippen LogP contribution >= 0.6 is 0 Å². The van der Waals surface area contributed by atoms with Gasteiger partial charge in [-0.3, -0.25) is 14.5 Å². The predicted molar refractivity (Wildman–Crippen MR) is 101 cm³/mol. The number of hydrogen-bond acceptors (Lipinski definition) is 5. The Bertz CT molecular complexity index is 849. The van der Waals surface area contributed by atoms with Gasteiger partial charge in [0.25, 0.3) is 0 Å². The molecule has 0 saturated carbocycles. The summed E-state index contributed by atoms with van der Waals surface area (Å²) in [6.45, 7) is 6.30. The molecule has 2 aromatic rings. The van der Waals surface area contributed by atoms with E-state index in [0.29, 0.717) is 0 Å². The second-order valence-electron chi connectivity index (χ2n) is 7.34. The molecule has 2 atom stereocenters. The SMILES string of the molecule is CCn1cc(CN2CCN(Cc3ccccc3)[C@@H]3CS(=O)(=O)C[C@@H]32)cn1. The van der Waals surface area contributed by atoms with Crippen LogP contribution < -0.4 is 0 Å². The maximum Gasteiger partial charge on any atom is 0.153 e. The lowest BCUT2D eigenvalue weighted by Crippen LogP contribution is -2.58. The minimum atomic E-state index is -2.98. The van der Waals surface area contributed by atoms with E-state index in [0.717, 1.165) is 38.3 Å². The molecule has 0 spiro atoms. The minimum absolute atomic E-state index is 0.0717. The van der Waals surface area contributed by atoms with Crippen LogP contribution in [-0.2, 0) is 29.5 Å². The Morgan fingerprint density at radius 3 is 2.19 bits per heavy atom. The standard InChI is InChI=1S/C19H26N4O2S/c1-2-23-13-17(10-20-23)12-22-9-8-21(11-16-6-4-3-5-7-16)18-14-26(24,25)15-19(18)22/h3-7,10,13,18-19H,2,8-9,11-12,14-15H2,1H3/t18-,19+/m1/s1. The van der Waals surface area contributed by atoms with Gasteiger partial charge in [-0.15, -0.1) is 0 Å². The highest BCUT2D eigenvalue weighted by atomic mass is 32.2. The van der Waals surface area contributed by atoms with Crippen molar-refractivity contribution < 1.29 is 8.42 Å². The Morgan fingerprint density at radius 1 is 1.00 bits per heavy atom. The van der Waals surface area contributed by atoms with E-state index in [1.807, 2.05) is 29.1 Å². The van der Waals surface area contributed by atoms with Crippen molar-refractivity contribution in [1.82, 2.24) is 19.6 Å². The molecule has 6 nitrogen and oxygen atoms in total. The van der Waals surface area contributed by atoms with Gasteiger partial charge in [0.2, 0.25) is 0 Å². The van der Waals surface area contributed by atoms with Crippen LogP contribution in [0.2, 0.25) is 0 Å². The van der Waals surface area contributed by atoms with Gasteiger partial charge in [0, 0.05) is 56.6 Å². The van der Waals surface area contributed by atoms with E-state index in [1.54, 1.807) is 0 Å². The van der Waals surface area contributed by atoms with Gasteiger partial charge >= 0.3 is 0 Å². The molecule has 2 fully saturated rings. The van der Waals surface area contributed by atoms with E-state index in [4.69, 9.17) is 0 Å². The molecule has 0 aliphatic carbocycles. The van der Waals surface area contributed by atoms with Crippen molar-refractivity contribution in [3.8, 4) is 0 Å². The molecule has 2 aliphatic rings. The summed E-state index contributed by atoms with van der Waals surface area (Å²) in [6.07, 6.45) is 3.97. The second kappa shape index (κ2) is 7.13. The first-order valence-corrected chi connectivity index (χ1v) is 11.1. The molecule has 0 unspecified atom stereocenters. The quantitative estimate of drug-likeness (QED) is 0.792. The molecular weight excluding hydrogens is 348 g/mol. The first-order chi connectivity index (χ1) is 12.5. The number of aryl methyl sites for hydroxylation is 1. The van der Waals surface area contributed by atoms with Crippen molar-refractivity contribution in [3.05, 3.63) is 53.9 Å². The highest BCUT2D eigenvalue weighted by Crippen LogP contribution is 2.29. The van der Waals surface area contributed by atoms with Crippen LogP contribution in [0.3, 0.4) is 0 Å². The third-order valence-electron chi connectivity index (χ3n) is 5.53. The number of aromatic nitrogens is 2. The lowest BCUT2D eigenvalue weighted by molar-refractivity contribution is 0.0355. The van der Waals surface area contributed by atoms with E-state index in [1.165, 1.54) is 5.56 Å². The topological polar surface area (TPSA) is 58.4 Å². The molecule has 26 heavy (non-hydrogen) atoms. The zero-order chi connectivity index (χ0) is 18.1. The molecule has 0 N–H and O–H groups in total. The van der Waals surface area contributed by atoms with E-state index < -0.39 is 9.84 Å². The molecule has 2 saturated heterocycles. The van der Waals surface area contributed by atoms with Gasteiger partial charge in [-0.05, 0) is 12.5 Å². The van der Waals surface area contributed by atoms with Crippen molar-refractivity contribution in [3.63, 3.8) is 0 Å². The Kier molecular flexibility index (Phi) is 4.86. The highest BCUT2D eigenvalue weighted by Gasteiger charge is 2.46. The molecule has 2 aliphatic heterocycles. The number of sulfone groups is 1. The van der Waals surface area contributed by atoms with Crippen LogP contribution in [0, 0.1) is 0 Å². The van der Waals surface area contributed by atoms with Gasteiger partial charge < -0.3 is 0 Å². The smallest absolute Gasteiger partial charge is 0.153 e. The Balaban J connectivity index is 1.51. The van der Waals surface area contributed by atoms with Gasteiger partial charge in [-0.1, -0.05) is 30.3 Å². The zero-order valence-corrected chi connectivity index (χ0v) is 16.0. The fourth-order valence-corrected chi connectivity index (χ4v) is 6.25. The molecular formula is C19H26N4O2S. The van der Waals surface area contributed by atoms with E-state index in [-0.39, 0.29) is 23.6 Å². The summed E-state index contributed by atoms with van der Waals surface area (Å²) < 4.78 is 26.7. The summed E-state index contributed by atoms with van der Waals surface area (Å²) in [5, 5.41) is 4.35. The second-order valence-corrected chi connectivity index (χ2v) is 9.50. The molecule has 1 aromatic heterocycles. The number of nitrogens with zero attached hydrogens (tertiary/aromatic N) is 4. The van der Waals surface area contributed by atoms with E-state index in [9.17, 15) is 8.42 Å². The van der Waals surface area contributed by atoms with Crippen LogP contribution in [0.25, 0.3) is 0 Å². The molecule has 3 heterocycles. The lowest BCUT2D eigenvalue weighted by atomic mass is 10.0. The summed E-state index contributed by atoms with van der Waals surface area (Å²) >= 11 is 0. The van der Waals surface area contributed by atoms with Gasteiger partial charge in [0.15, 0.2) is 9.84 Å². The molecule has 0 bridgehead atoms. The third-order valence-corrected chi connectivity index (χ3v) is 7.23. The van der Waals surface area contributed by atoms with Crippen LogP contribution in [0.15, 0.2) is 42.7 Å². The van der Waals surface area contributed by atoms with Crippen LogP contribution in [0.4, 0.5) is 0 Å². The number of piperazine rings is 1. The minimum Gasteiger partial charge on any atom is -0.292 e. The van der Waals surface area contributed by atoms with Crippen molar-refractivity contribution in [1.29, 1.82) is 0 Å². The Morgan fingerprint density at radius 2 is 1.62 bits per heavy atom. The monoisotopic (exact) mass is 374 g/mol. The summed E-state index contributed by atoms with van der Waals surface area (Å²) in [6, 6.07) is 10.5. The Labute approximate surface area is 155 Å². The summed E-state index contributed by atoms with van der Waals surface area (Å²) in [5.41, 5.74) is 2.40. The maximum absolute atomic E-state index is 12.4. The van der Waals surface area contributed by atoms with E-state index in [2.05, 4.69) is 40.2 Å². The molecule has 140 valence electrons. The van der Waals surface area contributed by atoms with Crippen LogP contribution in [0.1, 0.15) is 18.1 Å². The first kappa shape index (κ1) is 17.7. The van der Waals surface area contributed by atoms with Gasteiger partial charge in [-0.2, -0.15) is 5.10 Å². The number of hydrogen-bond donors (Lipinski definition) is 0. The molecule has 0 amide bonds. The first-order valence-electron chi connectivity index (χ1n) is 9.28. The lowest BCUT2D eigenvalue weighted by Gasteiger charge is -2.44. The average Bonchev–Trinajstić information content (AvgIpc) is 3.21. The van der Waals surface area contributed by atoms with Crippen molar-refractivity contribution in [2.24, 2.45) is 0 Å². The van der Waals surface area contributed by atoms with Gasteiger partial charge in [-0.25, -0.2) is 8.42 Å². The van der Waals surface area contributed by atoms with Crippen molar-refractivity contribution in [2.75, 3.05) is 24.6 Å². The molecule has 1 aromatic carbocycles. The average molecular weight is 375 g/mol. The third kappa shape index (κ3) is 3.70. The summed E-state index contributed by atoms with van der Waals surface area (Å²) in [5.74, 6) is 0.542. The predicted octanol–water partition coefficient (Wildman–Crippen LogP) is 1.39. The summed E-state index contributed by atoms with van der Waals surface area (Å²) in [7, 11) is -2.98. The van der Waals surface area contributed by atoms with Crippen LogP contribution in [0.5, 0.6) is 0 Å². The van der Waals surface area contributed by atoms with Gasteiger partial charge in [0.1, 0.15) is 0 Å². The molecule has 0 radical (unpaired) electrons. The normalized spacial score (nSPS) is 26.0. The maximum atomic E-state index is 12.4. The highest BCUT2D eigenvalue weighted by molar-refractivity contribution is 7.91. The fraction of sp³-hybridized carbons (Fsp3) is 0.526. The van der Waals surface area contributed by atoms with Gasteiger partial charge in [0.05, 0.1) is 17.7 Å². The number of benzene rings is 1. The Hall–Kier alpha value is -1.70. The fourth-order valence-electron chi connectivity index (χ4n) is 4.20. The number of fused-ring (bicyclic) bond motifs is 1. The molecule has 4 rings (SSSR count). The molecule has 7 heteroatoms. The van der Waals surface area contributed by atoms with Crippen LogP contribution in [-0.4, -0.2) is 64.7 Å². The zero-order valence-electron chi connectivity index (χ0n) is 15.2. The summed E-state index contributed by atoms with van der Waals surface area (Å²) in [4.78, 5) is 4.70.